The fourth-order valence-corrected chi connectivity index (χ4v) is 2.49. The van der Waals surface area contributed by atoms with Gasteiger partial charge < -0.3 is 10.2 Å². The summed E-state index contributed by atoms with van der Waals surface area (Å²) in [7, 11) is 1.59. The fraction of sp³-hybridized carbons (Fsp3) is 0.471. The molecule has 0 aliphatic carbocycles. The second kappa shape index (κ2) is 7.26. The van der Waals surface area contributed by atoms with Crippen LogP contribution in [0.5, 0.6) is 0 Å². The van der Waals surface area contributed by atoms with Crippen LogP contribution in [0.2, 0.25) is 0 Å². The first-order chi connectivity index (χ1) is 10.9. The summed E-state index contributed by atoms with van der Waals surface area (Å²) >= 11 is 0. The van der Waals surface area contributed by atoms with Crippen LogP contribution in [0.3, 0.4) is 0 Å². The summed E-state index contributed by atoms with van der Waals surface area (Å²) in [6.45, 7) is 4.60. The van der Waals surface area contributed by atoms with Gasteiger partial charge in [-0.05, 0) is 30.0 Å². The van der Waals surface area contributed by atoms with Gasteiger partial charge in [0.2, 0.25) is 11.8 Å². The number of urea groups is 1. The molecule has 0 bridgehead atoms. The van der Waals surface area contributed by atoms with Crippen molar-refractivity contribution in [1.29, 1.82) is 0 Å². The summed E-state index contributed by atoms with van der Waals surface area (Å²) in [5.74, 6) is 0.0805. The lowest BCUT2D eigenvalue weighted by Crippen LogP contribution is -2.32. The minimum Gasteiger partial charge on any atom is -0.326 e. The van der Waals surface area contributed by atoms with E-state index in [1.165, 1.54) is 15.4 Å². The number of hydrogen-bond donors (Lipinski definition) is 1. The van der Waals surface area contributed by atoms with Crippen LogP contribution in [0, 0.1) is 0 Å². The molecule has 1 aliphatic rings. The van der Waals surface area contributed by atoms with Crippen molar-refractivity contribution in [2.24, 2.45) is 0 Å². The molecule has 6 nitrogen and oxygen atoms in total. The molecule has 1 aliphatic heterocycles. The van der Waals surface area contributed by atoms with Crippen LogP contribution in [-0.2, 0) is 9.59 Å². The first-order valence-corrected chi connectivity index (χ1v) is 7.83. The maximum Gasteiger partial charge on any atom is 0.326 e. The Bertz CT molecular complexity index is 613. The van der Waals surface area contributed by atoms with Gasteiger partial charge >= 0.3 is 6.03 Å². The van der Waals surface area contributed by atoms with Gasteiger partial charge in [-0.15, -0.1) is 0 Å². The van der Waals surface area contributed by atoms with Crippen molar-refractivity contribution in [3.8, 4) is 0 Å². The number of nitrogens with zero attached hydrogens (tertiary/aromatic N) is 2. The molecule has 1 heterocycles. The highest BCUT2D eigenvalue weighted by Gasteiger charge is 2.32. The topological polar surface area (TPSA) is 69.7 Å². The van der Waals surface area contributed by atoms with Crippen molar-refractivity contribution < 1.29 is 14.4 Å². The van der Waals surface area contributed by atoms with E-state index in [2.05, 4.69) is 19.2 Å². The molecule has 0 aromatic heterocycles. The van der Waals surface area contributed by atoms with Crippen LogP contribution in [0.4, 0.5) is 10.5 Å². The Morgan fingerprint density at radius 1 is 1.30 bits per heavy atom. The Morgan fingerprint density at radius 2 is 2.04 bits per heavy atom. The van der Waals surface area contributed by atoms with Gasteiger partial charge in [-0.1, -0.05) is 26.0 Å². The van der Waals surface area contributed by atoms with Crippen molar-refractivity contribution in [2.45, 2.75) is 32.6 Å². The van der Waals surface area contributed by atoms with E-state index in [4.69, 9.17) is 0 Å². The standard InChI is InChI=1S/C17H23N3O3/c1-12(2)13-6-4-7-14(10-13)18-15(21)8-5-9-20-16(22)11-19(3)17(20)23/h4,6-7,10,12H,5,8-9,11H2,1-3H3,(H,18,21). The van der Waals surface area contributed by atoms with E-state index in [0.29, 0.717) is 12.3 Å². The van der Waals surface area contributed by atoms with Gasteiger partial charge in [-0.3, -0.25) is 14.5 Å². The number of amides is 4. The van der Waals surface area contributed by atoms with E-state index < -0.39 is 0 Å². The van der Waals surface area contributed by atoms with Gasteiger partial charge in [0, 0.05) is 25.7 Å². The average Bonchev–Trinajstić information content (AvgIpc) is 2.73. The number of nitrogens with one attached hydrogen (secondary N) is 1. The zero-order valence-corrected chi connectivity index (χ0v) is 13.8. The Hall–Kier alpha value is -2.37. The number of anilines is 1. The highest BCUT2D eigenvalue weighted by molar-refractivity contribution is 6.01. The van der Waals surface area contributed by atoms with Crippen LogP contribution in [0.1, 0.15) is 38.2 Å². The summed E-state index contributed by atoms with van der Waals surface area (Å²) in [5, 5.41) is 2.86. The van der Waals surface area contributed by atoms with Crippen LogP contribution in [0.25, 0.3) is 0 Å². The molecule has 0 unspecified atom stereocenters. The molecule has 1 saturated heterocycles. The molecule has 6 heteroatoms. The van der Waals surface area contributed by atoms with Gasteiger partial charge in [0.05, 0.1) is 0 Å². The van der Waals surface area contributed by atoms with E-state index in [9.17, 15) is 14.4 Å². The summed E-state index contributed by atoms with van der Waals surface area (Å²) in [6.07, 6.45) is 0.730. The SMILES string of the molecule is CC(C)c1cccc(NC(=O)CCCN2C(=O)CN(C)C2=O)c1. The Kier molecular flexibility index (Phi) is 5.36. The molecule has 0 radical (unpaired) electrons. The van der Waals surface area contributed by atoms with E-state index >= 15 is 0 Å². The minimum atomic E-state index is -0.292. The first-order valence-electron chi connectivity index (χ1n) is 7.83. The molecule has 0 saturated carbocycles. The van der Waals surface area contributed by atoms with Gasteiger partial charge in [0.1, 0.15) is 6.54 Å². The lowest BCUT2D eigenvalue weighted by Gasteiger charge is -2.14. The van der Waals surface area contributed by atoms with Gasteiger partial charge in [0.15, 0.2) is 0 Å². The van der Waals surface area contributed by atoms with Gasteiger partial charge in [-0.25, -0.2) is 4.79 Å². The quantitative estimate of drug-likeness (QED) is 0.819. The van der Waals surface area contributed by atoms with E-state index in [1.54, 1.807) is 7.05 Å². The molecule has 1 N–H and O–H groups in total. The summed E-state index contributed by atoms with van der Waals surface area (Å²) in [6, 6.07) is 7.47. The molecular formula is C17H23N3O3. The molecule has 2 rings (SSSR count). The van der Waals surface area contributed by atoms with E-state index in [0.717, 1.165) is 5.69 Å². The molecule has 1 aromatic carbocycles. The lowest BCUT2D eigenvalue weighted by molar-refractivity contribution is -0.125. The number of hydrogen-bond acceptors (Lipinski definition) is 3. The fourth-order valence-electron chi connectivity index (χ4n) is 2.49. The van der Waals surface area contributed by atoms with Gasteiger partial charge in [-0.2, -0.15) is 0 Å². The van der Waals surface area contributed by atoms with Crippen LogP contribution in [-0.4, -0.2) is 47.8 Å². The second-order valence-corrected chi connectivity index (χ2v) is 6.12. The minimum absolute atomic E-state index is 0.113. The summed E-state index contributed by atoms with van der Waals surface area (Å²) in [5.41, 5.74) is 1.94. The number of imide groups is 1. The zero-order valence-electron chi connectivity index (χ0n) is 13.8. The number of carbonyl (C=O) groups is 3. The number of carbonyl (C=O) groups excluding carboxylic acids is 3. The lowest BCUT2D eigenvalue weighted by atomic mass is 10.0. The molecule has 0 spiro atoms. The maximum atomic E-state index is 12.0. The Morgan fingerprint density at radius 3 is 2.65 bits per heavy atom. The number of likely N-dealkylation sites (N-methyl/N-ethyl adjacent to an activating group) is 1. The third-order valence-electron chi connectivity index (χ3n) is 3.85. The predicted molar refractivity (Wildman–Crippen MR) is 88.1 cm³/mol. The van der Waals surface area contributed by atoms with Crippen molar-refractivity contribution in [2.75, 3.05) is 25.5 Å². The first kappa shape index (κ1) is 17.0. The van der Waals surface area contributed by atoms with Crippen molar-refractivity contribution in [3.05, 3.63) is 29.8 Å². The highest BCUT2D eigenvalue weighted by Crippen LogP contribution is 2.18. The van der Waals surface area contributed by atoms with E-state index in [1.807, 2.05) is 24.3 Å². The van der Waals surface area contributed by atoms with Crippen LogP contribution < -0.4 is 5.32 Å². The second-order valence-electron chi connectivity index (χ2n) is 6.12. The molecule has 4 amide bonds. The van der Waals surface area contributed by atoms with Crippen LogP contribution >= 0.6 is 0 Å². The molecule has 1 aromatic rings. The monoisotopic (exact) mass is 317 g/mol. The highest BCUT2D eigenvalue weighted by atomic mass is 16.2. The van der Waals surface area contributed by atoms with Crippen molar-refractivity contribution >= 4 is 23.5 Å². The number of rotatable bonds is 6. The zero-order chi connectivity index (χ0) is 17.0. The molecule has 23 heavy (non-hydrogen) atoms. The van der Waals surface area contributed by atoms with Crippen molar-refractivity contribution in [1.82, 2.24) is 9.80 Å². The predicted octanol–water partition coefficient (Wildman–Crippen LogP) is 2.42. The largest absolute Gasteiger partial charge is 0.326 e. The van der Waals surface area contributed by atoms with Crippen LogP contribution in [0.15, 0.2) is 24.3 Å². The summed E-state index contributed by atoms with van der Waals surface area (Å²) in [4.78, 5) is 37.9. The molecule has 0 atom stereocenters. The van der Waals surface area contributed by atoms with Gasteiger partial charge in [0.25, 0.3) is 0 Å². The Balaban J connectivity index is 1.81. The Labute approximate surface area is 136 Å². The average molecular weight is 317 g/mol. The normalized spacial score (nSPS) is 14.8. The molecular weight excluding hydrogens is 294 g/mol. The molecule has 124 valence electrons. The smallest absolute Gasteiger partial charge is 0.326 e. The maximum absolute atomic E-state index is 12.0. The third-order valence-corrected chi connectivity index (χ3v) is 3.85. The van der Waals surface area contributed by atoms with E-state index in [-0.39, 0.29) is 37.4 Å². The summed E-state index contributed by atoms with van der Waals surface area (Å²) < 4.78 is 0. The van der Waals surface area contributed by atoms with Crippen molar-refractivity contribution in [3.63, 3.8) is 0 Å². The number of benzene rings is 1. The third kappa shape index (κ3) is 4.31. The molecule has 1 fully saturated rings.